The van der Waals surface area contributed by atoms with Crippen LogP contribution >= 0.6 is 0 Å². The number of benzene rings is 5. The first kappa shape index (κ1) is 28.9. The second-order valence-corrected chi connectivity index (χ2v) is 10.9. The molecule has 6 heteroatoms. The molecule has 0 bridgehead atoms. The fraction of sp³-hybridized carbons (Fsp3) is 0.184. The molecule has 0 radical (unpaired) electrons. The number of hydrogen-bond donors (Lipinski definition) is 1. The van der Waals surface area contributed by atoms with Gasteiger partial charge in [0.2, 0.25) is 0 Å². The topological polar surface area (TPSA) is 68.2 Å². The molecule has 222 valence electrons. The highest BCUT2D eigenvalue weighted by atomic mass is 16.6. The second kappa shape index (κ2) is 13.8. The molecular weight excluding hydrogens is 550 g/mol. The van der Waals surface area contributed by atoms with Gasteiger partial charge < -0.3 is 24.2 Å². The highest BCUT2D eigenvalue weighted by Gasteiger charge is 2.33. The van der Waals surface area contributed by atoms with E-state index in [4.69, 9.17) is 14.2 Å². The van der Waals surface area contributed by atoms with Crippen LogP contribution in [0.4, 0.5) is 4.79 Å². The van der Waals surface area contributed by atoms with Gasteiger partial charge >= 0.3 is 6.09 Å². The van der Waals surface area contributed by atoms with E-state index < -0.39 is 0 Å². The highest BCUT2D eigenvalue weighted by molar-refractivity contribution is 5.69. The van der Waals surface area contributed by atoms with Crippen LogP contribution in [0.15, 0.2) is 127 Å². The molecule has 1 N–H and O–H groups in total. The standard InChI is InChI=1S/C38H35NO5/c40-33-18-16-28(17-19-33)22-35-34-24-37(43-26-30-12-6-2-7-13-30)36(42-25-29-10-4-1-5-11-29)23-32(34)20-21-39(35)38(41)44-27-31-14-8-3-9-15-31/h1-19,23-24,35,40H,20-22,25-27H2/t35-/m1/s1. The third kappa shape index (κ3) is 7.21. The molecule has 0 unspecified atom stereocenters. The van der Waals surface area contributed by atoms with Crippen LogP contribution in [0.25, 0.3) is 0 Å². The summed E-state index contributed by atoms with van der Waals surface area (Å²) >= 11 is 0. The maximum Gasteiger partial charge on any atom is 0.410 e. The van der Waals surface area contributed by atoms with Crippen LogP contribution in [-0.4, -0.2) is 22.6 Å². The number of nitrogens with zero attached hydrogens (tertiary/aromatic N) is 1. The van der Waals surface area contributed by atoms with Crippen LogP contribution in [0.2, 0.25) is 0 Å². The number of rotatable bonds is 10. The fourth-order valence-corrected chi connectivity index (χ4v) is 5.50. The van der Waals surface area contributed by atoms with E-state index in [0.717, 1.165) is 33.4 Å². The average molecular weight is 586 g/mol. The number of phenols is 1. The summed E-state index contributed by atoms with van der Waals surface area (Å²) in [4.78, 5) is 15.4. The van der Waals surface area contributed by atoms with Gasteiger partial charge in [0.1, 0.15) is 25.6 Å². The molecule has 44 heavy (non-hydrogen) atoms. The first-order chi connectivity index (χ1) is 21.6. The van der Waals surface area contributed by atoms with E-state index in [2.05, 4.69) is 6.07 Å². The van der Waals surface area contributed by atoms with E-state index in [1.165, 1.54) is 0 Å². The summed E-state index contributed by atoms with van der Waals surface area (Å²) in [5, 5.41) is 9.88. The molecule has 0 fully saturated rings. The summed E-state index contributed by atoms with van der Waals surface area (Å²) in [6.45, 7) is 1.50. The predicted octanol–water partition coefficient (Wildman–Crippen LogP) is 8.03. The van der Waals surface area contributed by atoms with Gasteiger partial charge in [-0.15, -0.1) is 0 Å². The number of hydrogen-bond acceptors (Lipinski definition) is 5. The molecule has 1 heterocycles. The van der Waals surface area contributed by atoms with E-state index >= 15 is 0 Å². The molecule has 1 amide bonds. The van der Waals surface area contributed by atoms with Gasteiger partial charge in [0, 0.05) is 6.54 Å². The first-order valence-corrected chi connectivity index (χ1v) is 14.9. The molecule has 1 atom stereocenters. The van der Waals surface area contributed by atoms with Gasteiger partial charge in [0.15, 0.2) is 11.5 Å². The number of aromatic hydroxyl groups is 1. The van der Waals surface area contributed by atoms with E-state index in [1.807, 2.05) is 114 Å². The van der Waals surface area contributed by atoms with Crippen molar-refractivity contribution in [3.63, 3.8) is 0 Å². The minimum absolute atomic E-state index is 0.201. The quantitative estimate of drug-likeness (QED) is 0.180. The summed E-state index contributed by atoms with van der Waals surface area (Å²) in [5.41, 5.74) is 6.15. The van der Waals surface area contributed by atoms with Crippen LogP contribution in [0, 0.1) is 0 Å². The summed E-state index contributed by atoms with van der Waals surface area (Å²) in [5.74, 6) is 1.50. The molecule has 1 aliphatic heterocycles. The van der Waals surface area contributed by atoms with Crippen LogP contribution in [-0.2, 0) is 37.4 Å². The predicted molar refractivity (Wildman–Crippen MR) is 170 cm³/mol. The molecule has 5 aromatic rings. The van der Waals surface area contributed by atoms with Crippen molar-refractivity contribution in [3.8, 4) is 17.2 Å². The summed E-state index contributed by atoms with van der Waals surface area (Å²) in [6, 6.07) is 40.7. The summed E-state index contributed by atoms with van der Waals surface area (Å²) in [7, 11) is 0. The lowest BCUT2D eigenvalue weighted by atomic mass is 9.88. The Morgan fingerprint density at radius 3 is 1.75 bits per heavy atom. The first-order valence-electron chi connectivity index (χ1n) is 14.9. The van der Waals surface area contributed by atoms with Crippen LogP contribution in [0.1, 0.15) is 39.4 Å². The minimum Gasteiger partial charge on any atom is -0.508 e. The monoisotopic (exact) mass is 585 g/mol. The van der Waals surface area contributed by atoms with Gasteiger partial charge in [0.05, 0.1) is 6.04 Å². The third-order valence-electron chi connectivity index (χ3n) is 7.84. The van der Waals surface area contributed by atoms with Crippen LogP contribution in [0.5, 0.6) is 17.2 Å². The Balaban J connectivity index is 1.32. The Kier molecular flexibility index (Phi) is 9.07. The number of carbonyl (C=O) groups is 1. The molecule has 0 spiro atoms. The van der Waals surface area contributed by atoms with Crippen molar-refractivity contribution in [1.29, 1.82) is 0 Å². The van der Waals surface area contributed by atoms with Crippen molar-refractivity contribution in [3.05, 3.63) is 161 Å². The third-order valence-corrected chi connectivity index (χ3v) is 7.84. The van der Waals surface area contributed by atoms with Crippen LogP contribution in [0.3, 0.4) is 0 Å². The Hall–Kier alpha value is -5.23. The van der Waals surface area contributed by atoms with Gasteiger partial charge in [0.25, 0.3) is 0 Å². The molecule has 0 aliphatic carbocycles. The van der Waals surface area contributed by atoms with E-state index in [-0.39, 0.29) is 24.5 Å². The Morgan fingerprint density at radius 2 is 1.18 bits per heavy atom. The van der Waals surface area contributed by atoms with Gasteiger partial charge in [-0.3, -0.25) is 0 Å². The van der Waals surface area contributed by atoms with Crippen molar-refractivity contribution in [1.82, 2.24) is 4.90 Å². The zero-order chi connectivity index (χ0) is 30.1. The normalized spacial score (nSPS) is 14.0. The molecule has 6 nitrogen and oxygen atoms in total. The molecule has 6 rings (SSSR count). The van der Waals surface area contributed by atoms with E-state index in [9.17, 15) is 9.90 Å². The Labute approximate surface area is 258 Å². The van der Waals surface area contributed by atoms with Crippen molar-refractivity contribution < 1.29 is 24.1 Å². The number of fused-ring (bicyclic) bond motifs is 1. The average Bonchev–Trinajstić information content (AvgIpc) is 3.07. The number of ether oxygens (including phenoxy) is 3. The largest absolute Gasteiger partial charge is 0.508 e. The Morgan fingerprint density at radius 1 is 0.659 bits per heavy atom. The number of phenolic OH excluding ortho intramolecular Hbond substituents is 1. The van der Waals surface area contributed by atoms with Crippen LogP contribution < -0.4 is 9.47 Å². The number of carbonyl (C=O) groups excluding carboxylic acids is 1. The lowest BCUT2D eigenvalue weighted by Gasteiger charge is -2.37. The summed E-state index contributed by atoms with van der Waals surface area (Å²) < 4.78 is 18.6. The smallest absolute Gasteiger partial charge is 0.410 e. The van der Waals surface area contributed by atoms with E-state index in [0.29, 0.717) is 44.1 Å². The SMILES string of the molecule is O=C(OCc1ccccc1)N1CCc2cc(OCc3ccccc3)c(OCc3ccccc3)cc2[C@H]1Cc1ccc(O)cc1. The van der Waals surface area contributed by atoms with Gasteiger partial charge in [-0.2, -0.15) is 0 Å². The lowest BCUT2D eigenvalue weighted by molar-refractivity contribution is 0.0767. The molecular formula is C38H35NO5. The number of amides is 1. The lowest BCUT2D eigenvalue weighted by Crippen LogP contribution is -2.41. The molecule has 5 aromatic carbocycles. The minimum atomic E-state index is -0.362. The van der Waals surface area contributed by atoms with Crippen molar-refractivity contribution >= 4 is 6.09 Å². The van der Waals surface area contributed by atoms with Gasteiger partial charge in [-0.1, -0.05) is 103 Å². The van der Waals surface area contributed by atoms with E-state index in [1.54, 1.807) is 12.1 Å². The molecule has 0 saturated heterocycles. The maximum atomic E-state index is 13.6. The van der Waals surface area contributed by atoms with Gasteiger partial charge in [-0.05, 0) is 70.5 Å². The second-order valence-electron chi connectivity index (χ2n) is 10.9. The van der Waals surface area contributed by atoms with Gasteiger partial charge in [-0.25, -0.2) is 4.79 Å². The highest BCUT2D eigenvalue weighted by Crippen LogP contribution is 2.41. The van der Waals surface area contributed by atoms with Crippen molar-refractivity contribution in [2.75, 3.05) is 6.54 Å². The maximum absolute atomic E-state index is 13.6. The molecule has 1 aliphatic rings. The zero-order valence-corrected chi connectivity index (χ0v) is 24.5. The Bertz CT molecular complexity index is 1660. The van der Waals surface area contributed by atoms with Crippen molar-refractivity contribution in [2.24, 2.45) is 0 Å². The van der Waals surface area contributed by atoms with Crippen molar-refractivity contribution in [2.45, 2.75) is 38.7 Å². The summed E-state index contributed by atoms with van der Waals surface area (Å²) in [6.07, 6.45) is 0.845. The molecule has 0 saturated carbocycles. The fourth-order valence-electron chi connectivity index (χ4n) is 5.50. The zero-order valence-electron chi connectivity index (χ0n) is 24.5. The molecule has 0 aromatic heterocycles.